The van der Waals surface area contributed by atoms with Gasteiger partial charge in [0.2, 0.25) is 0 Å². The average molecular weight is 285 g/mol. The summed E-state index contributed by atoms with van der Waals surface area (Å²) in [7, 11) is 3.37. The van der Waals surface area contributed by atoms with Gasteiger partial charge in [0.1, 0.15) is 11.5 Å². The molecule has 0 aliphatic carbocycles. The van der Waals surface area contributed by atoms with Crippen molar-refractivity contribution in [3.8, 4) is 11.5 Å². The van der Waals surface area contributed by atoms with Gasteiger partial charge in [-0.15, -0.1) is 0 Å². The van der Waals surface area contributed by atoms with Crippen molar-refractivity contribution in [3.63, 3.8) is 0 Å². The summed E-state index contributed by atoms with van der Waals surface area (Å²) < 4.78 is 10.9. The van der Waals surface area contributed by atoms with Gasteiger partial charge in [0, 0.05) is 11.6 Å². The second-order valence-corrected chi connectivity index (χ2v) is 5.32. The Morgan fingerprint density at radius 1 is 1.00 bits per heavy atom. The molecule has 0 heterocycles. The van der Waals surface area contributed by atoms with Gasteiger partial charge >= 0.3 is 0 Å². The number of aryl methyl sites for hydroxylation is 2. The molecular weight excluding hydrogens is 262 g/mol. The molecule has 2 rings (SSSR count). The minimum Gasteiger partial charge on any atom is -0.496 e. The lowest BCUT2D eigenvalue weighted by Crippen LogP contribution is -2.16. The van der Waals surface area contributed by atoms with Gasteiger partial charge in [0.05, 0.1) is 14.2 Å². The molecule has 2 N–H and O–H groups in total. The van der Waals surface area contributed by atoms with Gasteiger partial charge in [0.25, 0.3) is 0 Å². The zero-order chi connectivity index (χ0) is 15.4. The van der Waals surface area contributed by atoms with Gasteiger partial charge < -0.3 is 15.2 Å². The van der Waals surface area contributed by atoms with Crippen LogP contribution in [0.4, 0.5) is 0 Å². The zero-order valence-corrected chi connectivity index (χ0v) is 13.1. The molecule has 0 saturated carbocycles. The highest BCUT2D eigenvalue weighted by molar-refractivity contribution is 5.46. The van der Waals surface area contributed by atoms with E-state index in [-0.39, 0.29) is 6.04 Å². The van der Waals surface area contributed by atoms with Crippen LogP contribution in [0, 0.1) is 13.8 Å². The third kappa shape index (κ3) is 3.37. The number of hydrogen-bond acceptors (Lipinski definition) is 3. The summed E-state index contributed by atoms with van der Waals surface area (Å²) in [5.74, 6) is 1.73. The number of ether oxygens (including phenoxy) is 2. The molecule has 1 atom stereocenters. The standard InChI is InChI=1S/C18H23NO2/c1-12-9-13(2)18(17(10-12)21-4)15(19)11-14-7-5-6-8-16(14)20-3/h5-10,15H,11,19H2,1-4H3. The molecule has 0 spiro atoms. The first-order valence-corrected chi connectivity index (χ1v) is 7.09. The molecule has 2 aromatic carbocycles. The predicted octanol–water partition coefficient (Wildman–Crippen LogP) is 3.56. The first kappa shape index (κ1) is 15.4. The molecule has 0 aliphatic rings. The first-order valence-electron chi connectivity index (χ1n) is 7.09. The van der Waals surface area contributed by atoms with Crippen LogP contribution in [0.25, 0.3) is 0 Å². The molecule has 0 amide bonds. The Bertz CT molecular complexity index is 623. The molecule has 21 heavy (non-hydrogen) atoms. The SMILES string of the molecule is COc1ccccc1CC(N)c1c(C)cc(C)cc1OC. The summed E-state index contributed by atoms with van der Waals surface area (Å²) in [6.07, 6.45) is 0.713. The van der Waals surface area contributed by atoms with Crippen molar-refractivity contribution in [1.82, 2.24) is 0 Å². The molecule has 0 aliphatic heterocycles. The molecule has 0 fully saturated rings. The number of benzene rings is 2. The Balaban J connectivity index is 2.34. The molecule has 3 heteroatoms. The summed E-state index contributed by atoms with van der Waals surface area (Å²) in [4.78, 5) is 0. The van der Waals surface area contributed by atoms with Crippen molar-refractivity contribution >= 4 is 0 Å². The topological polar surface area (TPSA) is 44.5 Å². The number of para-hydroxylation sites is 1. The zero-order valence-electron chi connectivity index (χ0n) is 13.1. The lowest BCUT2D eigenvalue weighted by atomic mass is 9.93. The monoisotopic (exact) mass is 285 g/mol. The highest BCUT2D eigenvalue weighted by Crippen LogP contribution is 2.32. The lowest BCUT2D eigenvalue weighted by molar-refractivity contribution is 0.400. The van der Waals surface area contributed by atoms with E-state index in [1.807, 2.05) is 24.3 Å². The summed E-state index contributed by atoms with van der Waals surface area (Å²) in [5.41, 5.74) is 11.0. The summed E-state index contributed by atoms with van der Waals surface area (Å²) in [6.45, 7) is 4.14. The Morgan fingerprint density at radius 2 is 1.67 bits per heavy atom. The number of nitrogens with two attached hydrogens (primary N) is 1. The van der Waals surface area contributed by atoms with Crippen molar-refractivity contribution in [3.05, 3.63) is 58.7 Å². The maximum Gasteiger partial charge on any atom is 0.124 e. The van der Waals surface area contributed by atoms with Gasteiger partial charge in [-0.25, -0.2) is 0 Å². The van der Waals surface area contributed by atoms with E-state index in [4.69, 9.17) is 15.2 Å². The number of hydrogen-bond donors (Lipinski definition) is 1. The fourth-order valence-electron chi connectivity index (χ4n) is 2.79. The van der Waals surface area contributed by atoms with Crippen LogP contribution in [0.2, 0.25) is 0 Å². The first-order chi connectivity index (χ1) is 10.1. The molecule has 0 bridgehead atoms. The second-order valence-electron chi connectivity index (χ2n) is 5.32. The average Bonchev–Trinajstić information content (AvgIpc) is 2.46. The Morgan fingerprint density at radius 3 is 2.33 bits per heavy atom. The van der Waals surface area contributed by atoms with Crippen molar-refractivity contribution in [2.24, 2.45) is 5.73 Å². The molecule has 3 nitrogen and oxygen atoms in total. The van der Waals surface area contributed by atoms with Crippen LogP contribution in [0.1, 0.15) is 28.3 Å². The Labute approximate surface area is 126 Å². The Kier molecular flexibility index (Phi) is 4.86. The van der Waals surface area contributed by atoms with E-state index in [0.717, 1.165) is 28.2 Å². The van der Waals surface area contributed by atoms with E-state index in [9.17, 15) is 0 Å². The fraction of sp³-hybridized carbons (Fsp3) is 0.333. The van der Waals surface area contributed by atoms with E-state index >= 15 is 0 Å². The van der Waals surface area contributed by atoms with E-state index < -0.39 is 0 Å². The smallest absolute Gasteiger partial charge is 0.124 e. The van der Waals surface area contributed by atoms with Crippen LogP contribution >= 0.6 is 0 Å². The fourth-order valence-corrected chi connectivity index (χ4v) is 2.79. The predicted molar refractivity (Wildman–Crippen MR) is 86.1 cm³/mol. The van der Waals surface area contributed by atoms with E-state index in [2.05, 4.69) is 26.0 Å². The van der Waals surface area contributed by atoms with E-state index in [1.54, 1.807) is 14.2 Å². The summed E-state index contributed by atoms with van der Waals surface area (Å²) in [6, 6.07) is 12.0. The van der Waals surface area contributed by atoms with Crippen LogP contribution in [0.5, 0.6) is 11.5 Å². The van der Waals surface area contributed by atoms with Gasteiger partial charge in [-0.2, -0.15) is 0 Å². The van der Waals surface area contributed by atoms with Crippen LogP contribution in [-0.2, 0) is 6.42 Å². The Hall–Kier alpha value is -2.00. The van der Waals surface area contributed by atoms with E-state index in [0.29, 0.717) is 6.42 Å². The maximum atomic E-state index is 6.44. The molecular formula is C18H23NO2. The van der Waals surface area contributed by atoms with Gasteiger partial charge in [-0.3, -0.25) is 0 Å². The van der Waals surface area contributed by atoms with Crippen molar-refractivity contribution < 1.29 is 9.47 Å². The van der Waals surface area contributed by atoms with Gasteiger partial charge in [-0.1, -0.05) is 24.3 Å². The largest absolute Gasteiger partial charge is 0.496 e. The summed E-state index contributed by atoms with van der Waals surface area (Å²) in [5, 5.41) is 0. The van der Waals surface area contributed by atoms with Crippen molar-refractivity contribution in [2.45, 2.75) is 26.3 Å². The molecule has 0 radical (unpaired) electrons. The highest BCUT2D eigenvalue weighted by atomic mass is 16.5. The van der Waals surface area contributed by atoms with Crippen LogP contribution in [0.15, 0.2) is 36.4 Å². The van der Waals surface area contributed by atoms with Crippen LogP contribution in [0.3, 0.4) is 0 Å². The molecule has 112 valence electrons. The molecule has 2 aromatic rings. The molecule has 0 aromatic heterocycles. The minimum atomic E-state index is -0.128. The lowest BCUT2D eigenvalue weighted by Gasteiger charge is -2.20. The number of rotatable bonds is 5. The van der Waals surface area contributed by atoms with Gasteiger partial charge in [0.15, 0.2) is 0 Å². The molecule has 1 unspecified atom stereocenters. The second kappa shape index (κ2) is 6.64. The van der Waals surface area contributed by atoms with Crippen LogP contribution in [-0.4, -0.2) is 14.2 Å². The summed E-state index contributed by atoms with van der Waals surface area (Å²) >= 11 is 0. The third-order valence-corrected chi connectivity index (χ3v) is 3.72. The van der Waals surface area contributed by atoms with Crippen LogP contribution < -0.4 is 15.2 Å². The van der Waals surface area contributed by atoms with Crippen molar-refractivity contribution in [1.29, 1.82) is 0 Å². The number of methoxy groups -OCH3 is 2. The maximum absolute atomic E-state index is 6.44. The van der Waals surface area contributed by atoms with Crippen molar-refractivity contribution in [2.75, 3.05) is 14.2 Å². The quantitative estimate of drug-likeness (QED) is 0.913. The highest BCUT2D eigenvalue weighted by Gasteiger charge is 2.17. The molecule has 0 saturated heterocycles. The van der Waals surface area contributed by atoms with Gasteiger partial charge in [-0.05, 0) is 49.1 Å². The minimum absolute atomic E-state index is 0.128. The van der Waals surface area contributed by atoms with E-state index in [1.165, 1.54) is 5.56 Å². The third-order valence-electron chi connectivity index (χ3n) is 3.72. The normalized spacial score (nSPS) is 12.0.